The minimum Gasteiger partial charge on any atom is -0.348 e. The number of nitrogens with zero attached hydrogens (tertiary/aromatic N) is 1. The molecule has 0 radical (unpaired) electrons. The Kier molecular flexibility index (Phi) is 3.79. The third kappa shape index (κ3) is 2.84. The topological polar surface area (TPSA) is 68.0 Å². The van der Waals surface area contributed by atoms with Crippen LogP contribution in [0.3, 0.4) is 0 Å². The zero-order chi connectivity index (χ0) is 12.4. The van der Waals surface area contributed by atoms with E-state index in [-0.39, 0.29) is 18.0 Å². The molecule has 1 aromatic heterocycles. The van der Waals surface area contributed by atoms with Crippen LogP contribution in [0.25, 0.3) is 0 Å². The van der Waals surface area contributed by atoms with Gasteiger partial charge in [-0.15, -0.1) is 11.3 Å². The van der Waals surface area contributed by atoms with Gasteiger partial charge in [-0.2, -0.15) is 0 Å². The van der Waals surface area contributed by atoms with Crippen LogP contribution in [0, 0.1) is 5.92 Å². The first kappa shape index (κ1) is 12.5. The van der Waals surface area contributed by atoms with Gasteiger partial charge < -0.3 is 11.1 Å². The Hall–Kier alpha value is -0.940. The summed E-state index contributed by atoms with van der Waals surface area (Å²) in [5, 5.41) is 5.61. The van der Waals surface area contributed by atoms with Gasteiger partial charge in [0.15, 0.2) is 0 Å². The van der Waals surface area contributed by atoms with Crippen LogP contribution in [0.5, 0.6) is 0 Å². The van der Waals surface area contributed by atoms with Gasteiger partial charge in [-0.3, -0.25) is 4.79 Å². The Balaban J connectivity index is 1.94. The maximum Gasteiger partial charge on any atom is 0.270 e. The smallest absolute Gasteiger partial charge is 0.270 e. The number of carbonyl (C=O) groups is 1. The van der Waals surface area contributed by atoms with Gasteiger partial charge in [0.1, 0.15) is 10.7 Å². The van der Waals surface area contributed by atoms with Crippen molar-refractivity contribution in [3.63, 3.8) is 0 Å². The molecule has 1 saturated carbocycles. The Labute approximate surface area is 106 Å². The largest absolute Gasteiger partial charge is 0.348 e. The second kappa shape index (κ2) is 5.14. The SMILES string of the molecule is CC(N)c1nc(C(=O)NC(C)C2CCC2)cs1. The minimum atomic E-state index is -0.106. The van der Waals surface area contributed by atoms with E-state index in [1.807, 2.05) is 6.92 Å². The summed E-state index contributed by atoms with van der Waals surface area (Å²) in [5.41, 5.74) is 6.22. The summed E-state index contributed by atoms with van der Waals surface area (Å²) in [6, 6.07) is 0.141. The number of aromatic nitrogens is 1. The molecule has 0 aromatic carbocycles. The molecule has 1 fully saturated rings. The molecule has 0 saturated heterocycles. The summed E-state index contributed by atoms with van der Waals surface area (Å²) in [6.45, 7) is 3.94. The quantitative estimate of drug-likeness (QED) is 0.863. The molecule has 4 nitrogen and oxygen atoms in total. The Bertz CT molecular complexity index is 398. The molecular formula is C12H19N3OS. The van der Waals surface area contributed by atoms with Crippen molar-refractivity contribution in [2.45, 2.75) is 45.2 Å². The molecule has 1 amide bonds. The van der Waals surface area contributed by atoms with Gasteiger partial charge in [-0.05, 0) is 32.6 Å². The highest BCUT2D eigenvalue weighted by atomic mass is 32.1. The van der Waals surface area contributed by atoms with Gasteiger partial charge in [-0.25, -0.2) is 4.98 Å². The van der Waals surface area contributed by atoms with Gasteiger partial charge in [0.05, 0.1) is 6.04 Å². The third-order valence-electron chi connectivity index (χ3n) is 3.36. The highest BCUT2D eigenvalue weighted by Crippen LogP contribution is 2.29. The number of rotatable bonds is 4. The summed E-state index contributed by atoms with van der Waals surface area (Å²) in [7, 11) is 0. The highest BCUT2D eigenvalue weighted by molar-refractivity contribution is 7.09. The van der Waals surface area contributed by atoms with Crippen molar-refractivity contribution in [3.05, 3.63) is 16.1 Å². The van der Waals surface area contributed by atoms with Crippen LogP contribution < -0.4 is 11.1 Å². The molecule has 0 spiro atoms. The molecule has 1 aliphatic rings. The van der Waals surface area contributed by atoms with Crippen LogP contribution >= 0.6 is 11.3 Å². The second-order valence-corrected chi connectivity index (χ2v) is 5.70. The predicted octanol–water partition coefficient (Wildman–Crippen LogP) is 2.08. The van der Waals surface area contributed by atoms with Gasteiger partial charge in [0.2, 0.25) is 0 Å². The van der Waals surface area contributed by atoms with Gasteiger partial charge in [0, 0.05) is 11.4 Å². The molecule has 0 aliphatic heterocycles. The lowest BCUT2D eigenvalue weighted by atomic mass is 9.80. The van der Waals surface area contributed by atoms with E-state index in [1.165, 1.54) is 30.6 Å². The summed E-state index contributed by atoms with van der Waals surface area (Å²) in [5.74, 6) is 0.568. The number of amides is 1. The van der Waals surface area contributed by atoms with Crippen molar-refractivity contribution < 1.29 is 4.79 Å². The first-order valence-corrected chi connectivity index (χ1v) is 6.97. The van der Waals surface area contributed by atoms with Crippen molar-refractivity contribution in [1.82, 2.24) is 10.3 Å². The first-order chi connectivity index (χ1) is 8.08. The summed E-state index contributed by atoms with van der Waals surface area (Å²) in [4.78, 5) is 16.2. The van der Waals surface area contributed by atoms with Gasteiger partial charge in [-0.1, -0.05) is 6.42 Å². The summed E-state index contributed by atoms with van der Waals surface area (Å²) < 4.78 is 0. The summed E-state index contributed by atoms with van der Waals surface area (Å²) in [6.07, 6.45) is 3.74. The normalized spacial score (nSPS) is 19.5. The first-order valence-electron chi connectivity index (χ1n) is 6.10. The predicted molar refractivity (Wildman–Crippen MR) is 69.0 cm³/mol. The van der Waals surface area contributed by atoms with Crippen molar-refractivity contribution in [2.24, 2.45) is 11.7 Å². The van der Waals surface area contributed by atoms with Crippen molar-refractivity contribution in [1.29, 1.82) is 0 Å². The number of carbonyl (C=O) groups excluding carboxylic acids is 1. The van der Waals surface area contributed by atoms with Crippen LogP contribution in [0.4, 0.5) is 0 Å². The zero-order valence-corrected chi connectivity index (χ0v) is 11.1. The summed E-state index contributed by atoms with van der Waals surface area (Å²) >= 11 is 1.44. The second-order valence-electron chi connectivity index (χ2n) is 4.81. The van der Waals surface area contributed by atoms with E-state index in [2.05, 4.69) is 17.2 Å². The van der Waals surface area contributed by atoms with Crippen LogP contribution in [-0.4, -0.2) is 16.9 Å². The molecule has 1 aliphatic carbocycles. The van der Waals surface area contributed by atoms with E-state index in [4.69, 9.17) is 5.73 Å². The van der Waals surface area contributed by atoms with E-state index in [1.54, 1.807) is 5.38 Å². The Morgan fingerprint density at radius 2 is 2.29 bits per heavy atom. The lowest BCUT2D eigenvalue weighted by molar-refractivity contribution is 0.0904. The van der Waals surface area contributed by atoms with E-state index in [0.717, 1.165) is 5.01 Å². The molecule has 3 N–H and O–H groups in total. The standard InChI is InChI=1S/C12H19N3OS/c1-7(13)12-15-10(6-17-12)11(16)14-8(2)9-4-3-5-9/h6-9H,3-5,13H2,1-2H3,(H,14,16). The fraction of sp³-hybridized carbons (Fsp3) is 0.667. The van der Waals surface area contributed by atoms with Crippen molar-refractivity contribution >= 4 is 17.2 Å². The lowest BCUT2D eigenvalue weighted by Crippen LogP contribution is -2.40. The maximum atomic E-state index is 11.9. The lowest BCUT2D eigenvalue weighted by Gasteiger charge is -2.31. The highest BCUT2D eigenvalue weighted by Gasteiger charge is 2.25. The van der Waals surface area contributed by atoms with E-state index in [0.29, 0.717) is 11.6 Å². The molecule has 2 atom stereocenters. The molecule has 5 heteroatoms. The van der Waals surface area contributed by atoms with E-state index in [9.17, 15) is 4.79 Å². The monoisotopic (exact) mass is 253 g/mol. The molecule has 2 rings (SSSR count). The van der Waals surface area contributed by atoms with E-state index < -0.39 is 0 Å². The molecule has 94 valence electrons. The van der Waals surface area contributed by atoms with Crippen LogP contribution in [0.1, 0.15) is 54.6 Å². The molecule has 0 bridgehead atoms. The fourth-order valence-corrected chi connectivity index (χ4v) is 2.70. The maximum absolute atomic E-state index is 11.9. The molecule has 1 heterocycles. The van der Waals surface area contributed by atoms with Crippen molar-refractivity contribution in [3.8, 4) is 0 Å². The van der Waals surface area contributed by atoms with Crippen molar-refractivity contribution in [2.75, 3.05) is 0 Å². The average molecular weight is 253 g/mol. The van der Waals surface area contributed by atoms with Gasteiger partial charge in [0.25, 0.3) is 5.91 Å². The number of hydrogen-bond acceptors (Lipinski definition) is 4. The third-order valence-corrected chi connectivity index (χ3v) is 4.41. The molecule has 2 unspecified atom stereocenters. The van der Waals surface area contributed by atoms with Crippen LogP contribution in [-0.2, 0) is 0 Å². The zero-order valence-electron chi connectivity index (χ0n) is 10.3. The average Bonchev–Trinajstić information content (AvgIpc) is 2.62. The Morgan fingerprint density at radius 3 is 2.76 bits per heavy atom. The van der Waals surface area contributed by atoms with Crippen LogP contribution in [0.15, 0.2) is 5.38 Å². The van der Waals surface area contributed by atoms with E-state index >= 15 is 0 Å². The number of nitrogens with two attached hydrogens (primary N) is 1. The molecule has 1 aromatic rings. The Morgan fingerprint density at radius 1 is 1.59 bits per heavy atom. The van der Waals surface area contributed by atoms with Crippen LogP contribution in [0.2, 0.25) is 0 Å². The number of thiazole rings is 1. The number of hydrogen-bond donors (Lipinski definition) is 2. The molecular weight excluding hydrogens is 234 g/mol. The molecule has 17 heavy (non-hydrogen) atoms. The number of nitrogens with one attached hydrogen (secondary N) is 1. The minimum absolute atomic E-state index is 0.0763. The van der Waals surface area contributed by atoms with Gasteiger partial charge >= 0.3 is 0 Å². The fourth-order valence-electron chi connectivity index (χ4n) is 1.94.